The number of ether oxygens (including phenoxy) is 1. The van der Waals surface area contributed by atoms with Gasteiger partial charge in [0.1, 0.15) is 16.9 Å². The van der Waals surface area contributed by atoms with E-state index < -0.39 is 5.91 Å². The number of methoxy groups -OCH3 is 1. The summed E-state index contributed by atoms with van der Waals surface area (Å²) in [6.45, 7) is 4.13. The van der Waals surface area contributed by atoms with Gasteiger partial charge in [0.15, 0.2) is 0 Å². The zero-order valence-electron chi connectivity index (χ0n) is 16.0. The predicted octanol–water partition coefficient (Wildman–Crippen LogP) is 6.67. The fourth-order valence-corrected chi connectivity index (χ4v) is 3.88. The number of halogens is 2. The molecule has 4 rings (SSSR count). The van der Waals surface area contributed by atoms with E-state index in [-0.39, 0.29) is 16.0 Å². The number of amides is 1. The van der Waals surface area contributed by atoms with Gasteiger partial charge >= 0.3 is 0 Å². The minimum absolute atomic E-state index is 0.174. The number of hydrogen-bond donors (Lipinski definition) is 1. The molecule has 0 atom stereocenters. The number of carbonyl (C=O) groups is 1. The maximum atomic E-state index is 13.4. The zero-order valence-corrected chi connectivity index (χ0v) is 17.6. The van der Waals surface area contributed by atoms with E-state index in [1.54, 1.807) is 0 Å². The van der Waals surface area contributed by atoms with E-state index in [0.717, 1.165) is 10.9 Å². The van der Waals surface area contributed by atoms with Crippen LogP contribution < -0.4 is 10.1 Å². The summed E-state index contributed by atoms with van der Waals surface area (Å²) in [4.78, 5) is 17.3. The normalized spacial score (nSPS) is 11.4. The molecule has 7 heteroatoms. The van der Waals surface area contributed by atoms with Crippen molar-refractivity contribution >= 4 is 56.7 Å². The van der Waals surface area contributed by atoms with Crippen LogP contribution in [0.1, 0.15) is 35.7 Å². The molecule has 0 fully saturated rings. The van der Waals surface area contributed by atoms with Crippen molar-refractivity contribution in [3.8, 4) is 5.75 Å². The second-order valence-electron chi connectivity index (χ2n) is 6.93. The van der Waals surface area contributed by atoms with Gasteiger partial charge in [0.25, 0.3) is 5.91 Å². The van der Waals surface area contributed by atoms with Crippen molar-refractivity contribution < 1.29 is 13.9 Å². The molecule has 2 aromatic carbocycles. The molecular weight excluding hydrogens is 411 g/mol. The van der Waals surface area contributed by atoms with E-state index >= 15 is 0 Å². The number of fused-ring (bicyclic) bond motifs is 3. The Labute approximate surface area is 177 Å². The average Bonchev–Trinajstić information content (AvgIpc) is 3.08. The van der Waals surface area contributed by atoms with Gasteiger partial charge in [-0.3, -0.25) is 9.78 Å². The number of nitrogens with zero attached hydrogens (tertiary/aromatic N) is 1. The Morgan fingerprint density at radius 3 is 2.52 bits per heavy atom. The number of anilines is 1. The van der Waals surface area contributed by atoms with E-state index in [1.165, 1.54) is 19.5 Å². The highest BCUT2D eigenvalue weighted by molar-refractivity contribution is 6.40. The molecule has 0 unspecified atom stereocenters. The Kier molecular flexibility index (Phi) is 5.11. The number of nitrogens with one attached hydrogen (secondary N) is 1. The third-order valence-electron chi connectivity index (χ3n) is 4.80. The molecule has 0 saturated heterocycles. The van der Waals surface area contributed by atoms with E-state index in [9.17, 15) is 4.79 Å². The molecule has 0 spiro atoms. The van der Waals surface area contributed by atoms with Crippen molar-refractivity contribution in [2.24, 2.45) is 0 Å². The minimum atomic E-state index is -0.399. The van der Waals surface area contributed by atoms with Crippen LogP contribution in [0.25, 0.3) is 21.9 Å². The lowest BCUT2D eigenvalue weighted by Gasteiger charge is -2.15. The predicted molar refractivity (Wildman–Crippen MR) is 117 cm³/mol. The molecule has 5 nitrogen and oxygen atoms in total. The summed E-state index contributed by atoms with van der Waals surface area (Å²) in [5.74, 6) is 0.225. The van der Waals surface area contributed by atoms with E-state index in [1.807, 2.05) is 30.3 Å². The molecule has 148 valence electrons. The number of rotatable bonds is 4. The van der Waals surface area contributed by atoms with Gasteiger partial charge in [0, 0.05) is 28.7 Å². The van der Waals surface area contributed by atoms with Gasteiger partial charge in [-0.05, 0) is 18.1 Å². The van der Waals surface area contributed by atoms with Crippen molar-refractivity contribution in [3.05, 3.63) is 63.9 Å². The molecule has 0 aliphatic rings. The first-order chi connectivity index (χ1) is 13.9. The van der Waals surface area contributed by atoms with Crippen LogP contribution in [0.3, 0.4) is 0 Å². The van der Waals surface area contributed by atoms with Crippen LogP contribution in [0.4, 0.5) is 5.69 Å². The number of benzene rings is 2. The Balaban J connectivity index is 2.00. The molecule has 2 heterocycles. The van der Waals surface area contributed by atoms with Crippen LogP contribution in [0.5, 0.6) is 5.75 Å². The first kappa shape index (κ1) is 19.6. The maximum absolute atomic E-state index is 13.4. The number of pyridine rings is 1. The Hall–Kier alpha value is -2.76. The van der Waals surface area contributed by atoms with Crippen LogP contribution in [0.2, 0.25) is 10.0 Å². The average molecular weight is 429 g/mol. The highest BCUT2D eigenvalue weighted by Gasteiger charge is 2.26. The van der Waals surface area contributed by atoms with E-state index in [0.29, 0.717) is 33.6 Å². The zero-order chi connectivity index (χ0) is 20.7. The Bertz CT molecular complexity index is 1230. The standard InChI is InChI=1S/C22H18Cl2N2O3/c1-11(2)13-8-17(28-3)19(18-12-6-4-5-7-16(12)29-21(13)18)22(27)26-20-14(23)9-25-10-15(20)24/h4-11H,1-3H3,(H,25,26,27). The molecule has 2 aromatic heterocycles. The quantitative estimate of drug-likeness (QED) is 0.393. The Morgan fingerprint density at radius 2 is 1.86 bits per heavy atom. The smallest absolute Gasteiger partial charge is 0.260 e. The Morgan fingerprint density at radius 1 is 1.17 bits per heavy atom. The van der Waals surface area contributed by atoms with Gasteiger partial charge in [-0.25, -0.2) is 0 Å². The van der Waals surface area contributed by atoms with Crippen LogP contribution in [0, 0.1) is 0 Å². The molecule has 0 aliphatic carbocycles. The lowest BCUT2D eigenvalue weighted by atomic mass is 9.95. The summed E-state index contributed by atoms with van der Waals surface area (Å²) in [5, 5.41) is 4.83. The number of aromatic nitrogens is 1. The summed E-state index contributed by atoms with van der Waals surface area (Å²) >= 11 is 12.4. The molecule has 1 N–H and O–H groups in total. The van der Waals surface area contributed by atoms with E-state index in [4.69, 9.17) is 32.4 Å². The topological polar surface area (TPSA) is 64.4 Å². The minimum Gasteiger partial charge on any atom is -0.496 e. The number of carbonyl (C=O) groups excluding carboxylic acids is 1. The van der Waals surface area contributed by atoms with Gasteiger partial charge in [-0.15, -0.1) is 0 Å². The maximum Gasteiger partial charge on any atom is 0.260 e. The van der Waals surface area contributed by atoms with Crippen molar-refractivity contribution in [3.63, 3.8) is 0 Å². The first-order valence-electron chi connectivity index (χ1n) is 9.04. The van der Waals surface area contributed by atoms with Crippen molar-refractivity contribution in [2.75, 3.05) is 12.4 Å². The molecule has 0 saturated carbocycles. The van der Waals surface area contributed by atoms with Crippen molar-refractivity contribution in [1.82, 2.24) is 4.98 Å². The molecule has 0 aliphatic heterocycles. The molecule has 29 heavy (non-hydrogen) atoms. The largest absolute Gasteiger partial charge is 0.496 e. The summed E-state index contributed by atoms with van der Waals surface area (Å²) in [6.07, 6.45) is 2.84. The third-order valence-corrected chi connectivity index (χ3v) is 5.37. The second kappa shape index (κ2) is 7.58. The van der Waals surface area contributed by atoms with Crippen molar-refractivity contribution in [1.29, 1.82) is 0 Å². The van der Waals surface area contributed by atoms with Crippen LogP contribution >= 0.6 is 23.2 Å². The van der Waals surface area contributed by atoms with Gasteiger partial charge in [0.05, 0.1) is 28.4 Å². The van der Waals surface area contributed by atoms with E-state index in [2.05, 4.69) is 24.1 Å². The molecular formula is C22H18Cl2N2O3. The monoisotopic (exact) mass is 428 g/mol. The number of para-hydroxylation sites is 1. The fourth-order valence-electron chi connectivity index (χ4n) is 3.42. The van der Waals surface area contributed by atoms with Gasteiger partial charge in [-0.2, -0.15) is 0 Å². The highest BCUT2D eigenvalue weighted by atomic mass is 35.5. The van der Waals surface area contributed by atoms with Crippen LogP contribution in [0.15, 0.2) is 47.1 Å². The van der Waals surface area contributed by atoms with Crippen molar-refractivity contribution in [2.45, 2.75) is 19.8 Å². The fraction of sp³-hybridized carbons (Fsp3) is 0.182. The lowest BCUT2D eigenvalue weighted by Crippen LogP contribution is -2.15. The van der Waals surface area contributed by atoms with Crippen LogP contribution in [-0.2, 0) is 0 Å². The SMILES string of the molecule is COc1cc(C(C)C)c2oc3ccccc3c2c1C(=O)Nc1c(Cl)cncc1Cl. The lowest BCUT2D eigenvalue weighted by molar-refractivity contribution is 0.102. The molecule has 0 radical (unpaired) electrons. The first-order valence-corrected chi connectivity index (χ1v) is 9.80. The third kappa shape index (κ3) is 3.30. The number of furan rings is 1. The summed E-state index contributed by atoms with van der Waals surface area (Å²) < 4.78 is 11.7. The summed E-state index contributed by atoms with van der Waals surface area (Å²) in [7, 11) is 1.54. The summed E-state index contributed by atoms with van der Waals surface area (Å²) in [6, 6.07) is 9.45. The summed E-state index contributed by atoms with van der Waals surface area (Å²) in [5.41, 5.74) is 2.99. The van der Waals surface area contributed by atoms with Gasteiger partial charge < -0.3 is 14.5 Å². The second-order valence-corrected chi connectivity index (χ2v) is 7.75. The molecule has 0 bridgehead atoms. The number of hydrogen-bond acceptors (Lipinski definition) is 4. The van der Waals surface area contributed by atoms with Crippen LogP contribution in [-0.4, -0.2) is 18.0 Å². The van der Waals surface area contributed by atoms with Gasteiger partial charge in [0.2, 0.25) is 0 Å². The molecule has 4 aromatic rings. The highest BCUT2D eigenvalue weighted by Crippen LogP contribution is 2.41. The molecule has 1 amide bonds. The van der Waals surface area contributed by atoms with Gasteiger partial charge in [-0.1, -0.05) is 55.2 Å².